The molecule has 4 heteroatoms. The molecule has 0 aliphatic rings. The predicted octanol–water partition coefficient (Wildman–Crippen LogP) is 2.11. The summed E-state index contributed by atoms with van der Waals surface area (Å²) in [5.74, 6) is 0.542. The molecular formula is C11H14N4. The van der Waals surface area contributed by atoms with Gasteiger partial charge in [-0.15, -0.1) is 0 Å². The van der Waals surface area contributed by atoms with Gasteiger partial charge in [0.1, 0.15) is 5.82 Å². The van der Waals surface area contributed by atoms with Gasteiger partial charge in [0.2, 0.25) is 0 Å². The van der Waals surface area contributed by atoms with Gasteiger partial charge >= 0.3 is 0 Å². The molecule has 0 aliphatic heterocycles. The standard InChI is InChI=1S/C11H14N4/c1-8(2)15-10(5-7-14-15)9-4-3-6-13-11(9)12/h3-8H,1-2H3,(H2,12,13). The van der Waals surface area contributed by atoms with Crippen molar-refractivity contribution in [3.63, 3.8) is 0 Å². The Balaban J connectivity index is 2.55. The van der Waals surface area contributed by atoms with Crippen molar-refractivity contribution >= 4 is 5.82 Å². The van der Waals surface area contributed by atoms with Crippen molar-refractivity contribution in [3.05, 3.63) is 30.6 Å². The largest absolute Gasteiger partial charge is 0.383 e. The van der Waals surface area contributed by atoms with Crippen LogP contribution in [0.1, 0.15) is 19.9 Å². The summed E-state index contributed by atoms with van der Waals surface area (Å²) in [6, 6.07) is 6.10. The van der Waals surface area contributed by atoms with Gasteiger partial charge in [-0.25, -0.2) is 4.98 Å². The number of nitrogen functional groups attached to an aromatic ring is 1. The zero-order valence-electron chi connectivity index (χ0n) is 8.88. The van der Waals surface area contributed by atoms with Gasteiger partial charge in [-0.3, -0.25) is 4.68 Å². The fraction of sp³-hybridized carbons (Fsp3) is 0.273. The maximum atomic E-state index is 5.83. The third-order valence-electron chi connectivity index (χ3n) is 2.27. The van der Waals surface area contributed by atoms with Crippen LogP contribution >= 0.6 is 0 Å². The number of anilines is 1. The molecule has 0 fully saturated rings. The number of hydrogen-bond acceptors (Lipinski definition) is 3. The summed E-state index contributed by atoms with van der Waals surface area (Å²) in [7, 11) is 0. The molecule has 0 aliphatic carbocycles. The molecule has 2 aromatic rings. The number of pyridine rings is 1. The molecular weight excluding hydrogens is 188 g/mol. The molecule has 0 spiro atoms. The number of nitrogens with zero attached hydrogens (tertiary/aromatic N) is 3. The van der Waals surface area contributed by atoms with Gasteiger partial charge in [0.05, 0.1) is 5.69 Å². The minimum atomic E-state index is 0.314. The Kier molecular flexibility index (Phi) is 2.41. The zero-order chi connectivity index (χ0) is 10.8. The maximum absolute atomic E-state index is 5.83. The van der Waals surface area contributed by atoms with Crippen molar-refractivity contribution < 1.29 is 0 Å². The highest BCUT2D eigenvalue weighted by atomic mass is 15.3. The monoisotopic (exact) mass is 202 g/mol. The molecule has 0 unspecified atom stereocenters. The van der Waals surface area contributed by atoms with E-state index in [2.05, 4.69) is 23.9 Å². The van der Waals surface area contributed by atoms with Crippen LogP contribution in [-0.2, 0) is 0 Å². The van der Waals surface area contributed by atoms with E-state index in [1.807, 2.05) is 22.9 Å². The Morgan fingerprint density at radius 1 is 1.27 bits per heavy atom. The van der Waals surface area contributed by atoms with Crippen LogP contribution in [0.5, 0.6) is 0 Å². The molecule has 0 aromatic carbocycles. The topological polar surface area (TPSA) is 56.7 Å². The van der Waals surface area contributed by atoms with Crippen molar-refractivity contribution in [2.75, 3.05) is 5.73 Å². The molecule has 78 valence electrons. The van der Waals surface area contributed by atoms with E-state index in [9.17, 15) is 0 Å². The molecule has 0 bridgehead atoms. The second-order valence-corrected chi connectivity index (χ2v) is 3.69. The Bertz CT molecular complexity index is 459. The molecule has 2 heterocycles. The van der Waals surface area contributed by atoms with Crippen molar-refractivity contribution in [2.45, 2.75) is 19.9 Å². The molecule has 2 aromatic heterocycles. The third-order valence-corrected chi connectivity index (χ3v) is 2.27. The van der Waals surface area contributed by atoms with E-state index >= 15 is 0 Å². The van der Waals surface area contributed by atoms with E-state index < -0.39 is 0 Å². The van der Waals surface area contributed by atoms with Gasteiger partial charge in [-0.05, 0) is 32.0 Å². The van der Waals surface area contributed by atoms with E-state index in [0.717, 1.165) is 11.3 Å². The lowest BCUT2D eigenvalue weighted by molar-refractivity contribution is 0.538. The SMILES string of the molecule is CC(C)n1nccc1-c1cccnc1N. The van der Waals surface area contributed by atoms with Gasteiger partial charge in [0.15, 0.2) is 0 Å². The summed E-state index contributed by atoms with van der Waals surface area (Å²) in [4.78, 5) is 4.07. The molecule has 0 saturated heterocycles. The molecule has 0 radical (unpaired) electrons. The summed E-state index contributed by atoms with van der Waals surface area (Å²) in [6.07, 6.45) is 3.47. The summed E-state index contributed by atoms with van der Waals surface area (Å²) in [6.45, 7) is 4.17. The van der Waals surface area contributed by atoms with Crippen LogP contribution in [0.3, 0.4) is 0 Å². The van der Waals surface area contributed by atoms with Crippen molar-refractivity contribution in [1.82, 2.24) is 14.8 Å². The van der Waals surface area contributed by atoms with Crippen molar-refractivity contribution in [1.29, 1.82) is 0 Å². The van der Waals surface area contributed by atoms with Crippen LogP contribution in [0.25, 0.3) is 11.3 Å². The van der Waals surface area contributed by atoms with E-state index in [-0.39, 0.29) is 0 Å². The third kappa shape index (κ3) is 1.70. The number of hydrogen-bond donors (Lipinski definition) is 1. The number of rotatable bonds is 2. The van der Waals surface area contributed by atoms with Crippen molar-refractivity contribution in [2.24, 2.45) is 0 Å². The van der Waals surface area contributed by atoms with E-state index in [1.165, 1.54) is 0 Å². The molecule has 0 saturated carbocycles. The first kappa shape index (κ1) is 9.71. The highest BCUT2D eigenvalue weighted by molar-refractivity contribution is 5.70. The Morgan fingerprint density at radius 2 is 2.07 bits per heavy atom. The second-order valence-electron chi connectivity index (χ2n) is 3.69. The number of nitrogens with two attached hydrogens (primary N) is 1. The van der Waals surface area contributed by atoms with Crippen LogP contribution in [0.4, 0.5) is 5.82 Å². The lowest BCUT2D eigenvalue weighted by atomic mass is 10.2. The minimum absolute atomic E-state index is 0.314. The van der Waals surface area contributed by atoms with E-state index in [4.69, 9.17) is 5.73 Å². The smallest absolute Gasteiger partial charge is 0.132 e. The van der Waals surface area contributed by atoms with Crippen LogP contribution in [0, 0.1) is 0 Å². The van der Waals surface area contributed by atoms with Gasteiger partial charge in [-0.1, -0.05) is 0 Å². The zero-order valence-corrected chi connectivity index (χ0v) is 8.88. The molecule has 2 N–H and O–H groups in total. The lowest BCUT2D eigenvalue weighted by Gasteiger charge is -2.11. The first-order valence-corrected chi connectivity index (χ1v) is 4.94. The normalized spacial score (nSPS) is 10.9. The van der Waals surface area contributed by atoms with Gasteiger partial charge < -0.3 is 5.73 Å². The highest BCUT2D eigenvalue weighted by Gasteiger charge is 2.10. The fourth-order valence-corrected chi connectivity index (χ4v) is 1.57. The first-order chi connectivity index (χ1) is 7.20. The minimum Gasteiger partial charge on any atom is -0.383 e. The van der Waals surface area contributed by atoms with Crippen molar-refractivity contribution in [3.8, 4) is 11.3 Å². The molecule has 0 amide bonds. The fourth-order valence-electron chi connectivity index (χ4n) is 1.57. The average molecular weight is 202 g/mol. The quantitative estimate of drug-likeness (QED) is 0.811. The predicted molar refractivity (Wildman–Crippen MR) is 60.3 cm³/mol. The van der Waals surface area contributed by atoms with Crippen LogP contribution in [-0.4, -0.2) is 14.8 Å². The Morgan fingerprint density at radius 3 is 2.73 bits per heavy atom. The lowest BCUT2D eigenvalue weighted by Crippen LogP contribution is -2.05. The van der Waals surface area contributed by atoms with Gasteiger partial charge in [-0.2, -0.15) is 5.10 Å². The average Bonchev–Trinajstić information content (AvgIpc) is 2.67. The van der Waals surface area contributed by atoms with Crippen LogP contribution in [0.15, 0.2) is 30.6 Å². The Labute approximate surface area is 88.8 Å². The summed E-state index contributed by atoms with van der Waals surface area (Å²) in [5, 5.41) is 4.27. The summed E-state index contributed by atoms with van der Waals surface area (Å²) >= 11 is 0. The van der Waals surface area contributed by atoms with Crippen LogP contribution in [0.2, 0.25) is 0 Å². The second kappa shape index (κ2) is 3.73. The Hall–Kier alpha value is -1.84. The summed E-state index contributed by atoms with van der Waals surface area (Å²) < 4.78 is 1.94. The molecule has 2 rings (SSSR count). The first-order valence-electron chi connectivity index (χ1n) is 4.94. The van der Waals surface area contributed by atoms with E-state index in [1.54, 1.807) is 12.4 Å². The maximum Gasteiger partial charge on any atom is 0.132 e. The summed E-state index contributed by atoms with van der Waals surface area (Å²) in [5.41, 5.74) is 7.77. The van der Waals surface area contributed by atoms with Crippen LogP contribution < -0.4 is 5.73 Å². The molecule has 15 heavy (non-hydrogen) atoms. The van der Waals surface area contributed by atoms with Gasteiger partial charge in [0.25, 0.3) is 0 Å². The molecule has 4 nitrogen and oxygen atoms in total. The number of aromatic nitrogens is 3. The molecule has 0 atom stereocenters. The van der Waals surface area contributed by atoms with E-state index in [0.29, 0.717) is 11.9 Å². The highest BCUT2D eigenvalue weighted by Crippen LogP contribution is 2.25. The van der Waals surface area contributed by atoms with Gasteiger partial charge in [0, 0.05) is 24.0 Å².